The van der Waals surface area contributed by atoms with Crippen molar-refractivity contribution in [3.05, 3.63) is 24.3 Å². The Morgan fingerprint density at radius 1 is 0.294 bits per heavy atom. The van der Waals surface area contributed by atoms with Gasteiger partial charge in [-0.25, -0.2) is 0 Å². The molecule has 0 fully saturated rings. The topological polar surface area (TPSA) is 78.9 Å². The number of carbonyl (C=O) groups excluding carboxylic acids is 3. The molecule has 0 aliphatic carbocycles. The first kappa shape index (κ1) is 65.9. The lowest BCUT2D eigenvalue weighted by Gasteiger charge is -2.18. The van der Waals surface area contributed by atoms with Gasteiger partial charge in [-0.05, 0) is 51.4 Å². The lowest BCUT2D eigenvalue weighted by atomic mass is 10.0. The first-order valence-electron chi connectivity index (χ1n) is 30.3. The quantitative estimate of drug-likeness (QED) is 0.0262. The summed E-state index contributed by atoms with van der Waals surface area (Å²) in [4.78, 5) is 38.1. The van der Waals surface area contributed by atoms with Crippen LogP contribution in [0.1, 0.15) is 335 Å². The fourth-order valence-electron chi connectivity index (χ4n) is 9.12. The van der Waals surface area contributed by atoms with E-state index in [0.717, 1.165) is 64.2 Å². The zero-order chi connectivity index (χ0) is 49.3. The first-order chi connectivity index (χ1) is 33.5. The standard InChI is InChI=1S/C62H116O6/c1-4-7-10-13-16-19-21-23-25-27-29-30-31-33-34-36-38-40-43-46-49-52-55-61(64)67-58-59(57-66-60(63)54-51-48-45-42-18-15-12-9-6-3)68-62(65)56-53-50-47-44-41-39-37-35-32-28-26-24-22-20-17-14-11-8-5-2/h17,20,24,26,59H,4-16,18-19,21-23,25,27-58H2,1-3H3/b20-17-,26-24-. The molecule has 0 aliphatic rings. The van der Waals surface area contributed by atoms with Crippen molar-refractivity contribution in [1.82, 2.24) is 0 Å². The number of allylic oxidation sites excluding steroid dienone is 4. The van der Waals surface area contributed by atoms with Crippen LogP contribution < -0.4 is 0 Å². The molecule has 0 spiro atoms. The summed E-state index contributed by atoms with van der Waals surface area (Å²) in [6.45, 7) is 6.65. The summed E-state index contributed by atoms with van der Waals surface area (Å²) < 4.78 is 16.9. The fourth-order valence-corrected chi connectivity index (χ4v) is 9.12. The molecular formula is C62H116O6. The zero-order valence-corrected chi connectivity index (χ0v) is 45.9. The van der Waals surface area contributed by atoms with E-state index in [1.807, 2.05) is 0 Å². The largest absolute Gasteiger partial charge is 0.462 e. The SMILES string of the molecule is CCCCC/C=C\C/C=C\CCCCCCCCCCCC(=O)OC(COC(=O)CCCCCCCCCCC)COC(=O)CCCCCCCCCCCCCCCCCCCCCCCC. The van der Waals surface area contributed by atoms with Crippen molar-refractivity contribution in [3.63, 3.8) is 0 Å². The summed E-state index contributed by atoms with van der Waals surface area (Å²) >= 11 is 0. The number of esters is 3. The van der Waals surface area contributed by atoms with Crippen molar-refractivity contribution in [3.8, 4) is 0 Å². The maximum Gasteiger partial charge on any atom is 0.306 e. The highest BCUT2D eigenvalue weighted by Gasteiger charge is 2.19. The highest BCUT2D eigenvalue weighted by Crippen LogP contribution is 2.17. The highest BCUT2D eigenvalue weighted by molar-refractivity contribution is 5.71. The van der Waals surface area contributed by atoms with Gasteiger partial charge in [-0.2, -0.15) is 0 Å². The van der Waals surface area contributed by atoms with Crippen LogP contribution in [0.3, 0.4) is 0 Å². The average molecular weight is 958 g/mol. The molecule has 6 heteroatoms. The zero-order valence-electron chi connectivity index (χ0n) is 45.9. The molecule has 0 bridgehead atoms. The van der Waals surface area contributed by atoms with E-state index in [0.29, 0.717) is 19.3 Å². The van der Waals surface area contributed by atoms with Gasteiger partial charge >= 0.3 is 17.9 Å². The molecular weight excluding hydrogens is 841 g/mol. The lowest BCUT2D eigenvalue weighted by Crippen LogP contribution is -2.30. The van der Waals surface area contributed by atoms with Crippen LogP contribution in [0.25, 0.3) is 0 Å². The highest BCUT2D eigenvalue weighted by atomic mass is 16.6. The van der Waals surface area contributed by atoms with Gasteiger partial charge in [-0.15, -0.1) is 0 Å². The number of hydrogen-bond acceptors (Lipinski definition) is 6. The Kier molecular flexibility index (Phi) is 55.7. The normalized spacial score (nSPS) is 12.1. The second kappa shape index (κ2) is 57.5. The summed E-state index contributed by atoms with van der Waals surface area (Å²) in [5.41, 5.74) is 0. The van der Waals surface area contributed by atoms with Gasteiger partial charge in [-0.1, -0.05) is 289 Å². The molecule has 0 rings (SSSR count). The van der Waals surface area contributed by atoms with Crippen molar-refractivity contribution < 1.29 is 28.6 Å². The second-order valence-electron chi connectivity index (χ2n) is 20.6. The summed E-state index contributed by atoms with van der Waals surface area (Å²) in [5.74, 6) is -0.852. The van der Waals surface area contributed by atoms with E-state index in [9.17, 15) is 14.4 Å². The predicted octanol–water partition coefficient (Wildman–Crippen LogP) is 20.3. The lowest BCUT2D eigenvalue weighted by molar-refractivity contribution is -0.167. The molecule has 68 heavy (non-hydrogen) atoms. The maximum atomic E-state index is 12.8. The van der Waals surface area contributed by atoms with Gasteiger partial charge in [0.1, 0.15) is 13.2 Å². The van der Waals surface area contributed by atoms with Gasteiger partial charge in [0.05, 0.1) is 0 Å². The van der Waals surface area contributed by atoms with Crippen molar-refractivity contribution in [1.29, 1.82) is 0 Å². The molecule has 0 heterocycles. The van der Waals surface area contributed by atoms with E-state index in [1.54, 1.807) is 0 Å². The van der Waals surface area contributed by atoms with Crippen molar-refractivity contribution in [2.75, 3.05) is 13.2 Å². The Balaban J connectivity index is 4.19. The van der Waals surface area contributed by atoms with Gasteiger partial charge in [0, 0.05) is 19.3 Å². The molecule has 0 saturated heterocycles. The third-order valence-electron chi connectivity index (χ3n) is 13.7. The third-order valence-corrected chi connectivity index (χ3v) is 13.7. The summed E-state index contributed by atoms with van der Waals surface area (Å²) in [6, 6.07) is 0. The van der Waals surface area contributed by atoms with Crippen molar-refractivity contribution >= 4 is 17.9 Å². The van der Waals surface area contributed by atoms with E-state index in [-0.39, 0.29) is 31.1 Å². The van der Waals surface area contributed by atoms with Crippen LogP contribution >= 0.6 is 0 Å². The summed E-state index contributed by atoms with van der Waals surface area (Å²) in [5, 5.41) is 0. The van der Waals surface area contributed by atoms with Gasteiger partial charge in [0.2, 0.25) is 0 Å². The minimum Gasteiger partial charge on any atom is -0.462 e. The molecule has 1 atom stereocenters. The molecule has 0 N–H and O–H groups in total. The van der Waals surface area contributed by atoms with E-state index in [1.165, 1.54) is 231 Å². The Bertz CT molecular complexity index is 1100. The molecule has 400 valence electrons. The van der Waals surface area contributed by atoms with Crippen LogP contribution in [-0.2, 0) is 28.6 Å². The van der Waals surface area contributed by atoms with E-state index < -0.39 is 6.10 Å². The monoisotopic (exact) mass is 957 g/mol. The molecule has 0 amide bonds. The Morgan fingerprint density at radius 3 is 0.838 bits per heavy atom. The van der Waals surface area contributed by atoms with Crippen molar-refractivity contribution in [2.24, 2.45) is 0 Å². The van der Waals surface area contributed by atoms with Crippen LogP contribution in [-0.4, -0.2) is 37.2 Å². The van der Waals surface area contributed by atoms with Crippen molar-refractivity contribution in [2.45, 2.75) is 341 Å². The third kappa shape index (κ3) is 54.8. The molecule has 0 radical (unpaired) electrons. The van der Waals surface area contributed by atoms with Crippen LogP contribution in [0.2, 0.25) is 0 Å². The van der Waals surface area contributed by atoms with Gasteiger partial charge in [0.15, 0.2) is 6.10 Å². The number of unbranched alkanes of at least 4 members (excludes halogenated alkanes) is 41. The van der Waals surface area contributed by atoms with E-state index in [2.05, 4.69) is 45.1 Å². The van der Waals surface area contributed by atoms with Gasteiger partial charge in [-0.3, -0.25) is 14.4 Å². The van der Waals surface area contributed by atoms with Gasteiger partial charge < -0.3 is 14.2 Å². The summed E-state index contributed by atoms with van der Waals surface area (Å²) in [7, 11) is 0. The smallest absolute Gasteiger partial charge is 0.306 e. The van der Waals surface area contributed by atoms with Crippen LogP contribution in [0, 0.1) is 0 Å². The van der Waals surface area contributed by atoms with E-state index in [4.69, 9.17) is 14.2 Å². The molecule has 0 aliphatic heterocycles. The molecule has 0 aromatic rings. The maximum absolute atomic E-state index is 12.8. The second-order valence-corrected chi connectivity index (χ2v) is 20.6. The fraction of sp³-hybridized carbons (Fsp3) is 0.887. The minimum atomic E-state index is -0.768. The van der Waals surface area contributed by atoms with E-state index >= 15 is 0 Å². The Labute approximate surface area is 423 Å². The van der Waals surface area contributed by atoms with Crippen LogP contribution in [0.4, 0.5) is 0 Å². The molecule has 6 nitrogen and oxygen atoms in total. The predicted molar refractivity (Wildman–Crippen MR) is 293 cm³/mol. The Hall–Kier alpha value is -2.11. The number of ether oxygens (including phenoxy) is 3. The first-order valence-corrected chi connectivity index (χ1v) is 30.3. The average Bonchev–Trinajstić information content (AvgIpc) is 3.34. The molecule has 0 aromatic heterocycles. The van der Waals surface area contributed by atoms with Gasteiger partial charge in [0.25, 0.3) is 0 Å². The molecule has 1 unspecified atom stereocenters. The van der Waals surface area contributed by atoms with Crippen LogP contribution in [0.15, 0.2) is 24.3 Å². The summed E-state index contributed by atoms with van der Waals surface area (Å²) in [6.07, 6.45) is 67.6. The number of hydrogen-bond donors (Lipinski definition) is 0. The number of carbonyl (C=O) groups is 3. The number of rotatable bonds is 56. The van der Waals surface area contributed by atoms with Crippen LogP contribution in [0.5, 0.6) is 0 Å². The Morgan fingerprint density at radius 2 is 0.529 bits per heavy atom. The minimum absolute atomic E-state index is 0.0674. The molecule has 0 saturated carbocycles. The molecule has 0 aromatic carbocycles.